The van der Waals surface area contributed by atoms with E-state index in [9.17, 15) is 13.2 Å². The van der Waals surface area contributed by atoms with E-state index in [0.29, 0.717) is 0 Å². The molecule has 0 aliphatic carbocycles. The van der Waals surface area contributed by atoms with E-state index in [2.05, 4.69) is 42.4 Å². The minimum atomic E-state index is -6.09. The van der Waals surface area contributed by atoms with Crippen LogP contribution < -0.4 is 4.57 Å². The Morgan fingerprint density at radius 3 is 2.16 bits per heavy atom. The van der Waals surface area contributed by atoms with Crippen molar-refractivity contribution in [3.8, 4) is 0 Å². The Bertz CT molecular complexity index is 495. The van der Waals surface area contributed by atoms with Gasteiger partial charge in [0, 0.05) is 6.92 Å². The van der Waals surface area contributed by atoms with Crippen molar-refractivity contribution in [1.82, 2.24) is 4.57 Å². The number of aromatic nitrogens is 2. The lowest BCUT2D eigenvalue weighted by Gasteiger charge is -2.08. The molecule has 0 atom stereocenters. The Morgan fingerprint density at radius 1 is 1.42 bits per heavy atom. The average Bonchev–Trinajstić information content (AvgIpc) is 2.55. The summed E-state index contributed by atoms with van der Waals surface area (Å²) in [5.41, 5.74) is -5.65. The minimum Gasteiger partial charge on any atom is -0.741 e. The molecule has 1 rings (SSSR count). The van der Waals surface area contributed by atoms with Crippen LogP contribution in [-0.4, -0.2) is 23.0 Å². The third-order valence-corrected chi connectivity index (χ3v) is 3.00. The second-order valence-corrected chi connectivity index (χ2v) is 5.27. The van der Waals surface area contributed by atoms with E-state index in [1.807, 2.05) is 0 Å². The van der Waals surface area contributed by atoms with E-state index in [-0.39, 0.29) is 0 Å². The maximum Gasteiger partial charge on any atom is 0.485 e. The molecule has 112 valence electrons. The summed E-state index contributed by atoms with van der Waals surface area (Å²) in [5.74, 6) is 1.33. The minimum absolute atomic E-state index is 1.16. The Balaban J connectivity index is 0.000000362. The van der Waals surface area contributed by atoms with Crippen LogP contribution in [0.5, 0.6) is 0 Å². The summed E-state index contributed by atoms with van der Waals surface area (Å²) in [6, 6.07) is 0. The fourth-order valence-corrected chi connectivity index (χ4v) is 1.16. The van der Waals surface area contributed by atoms with Crippen LogP contribution in [0.15, 0.2) is 12.4 Å². The molecule has 0 fully saturated rings. The summed E-state index contributed by atoms with van der Waals surface area (Å²) < 4.78 is 63.3. The second kappa shape index (κ2) is 6.90. The Kier molecular flexibility index (Phi) is 6.50. The number of aryl methyl sites for hydroxylation is 2. The standard InChI is InChI=1S/C9H17N2.CHF3O3S/c1-4-5-6-11-8-7-10(3)9(11)2;2-1(3,4)8(5,6)7/h7-8H,4-6H2,1-3H3;(H,5,6,7)/q+1;/p-1. The van der Waals surface area contributed by atoms with E-state index in [4.69, 9.17) is 13.0 Å². The molecular formula is C10H17F3N2O3S. The van der Waals surface area contributed by atoms with Crippen molar-refractivity contribution in [2.45, 2.75) is 38.7 Å². The van der Waals surface area contributed by atoms with Gasteiger partial charge in [0.2, 0.25) is 0 Å². The smallest absolute Gasteiger partial charge is 0.485 e. The molecule has 0 amide bonds. The van der Waals surface area contributed by atoms with Gasteiger partial charge in [0.1, 0.15) is 12.4 Å². The molecule has 1 aromatic rings. The number of hydrogen-bond donors (Lipinski definition) is 0. The summed E-state index contributed by atoms with van der Waals surface area (Å²) in [6.45, 7) is 5.53. The molecule has 0 N–H and O–H groups in total. The van der Waals surface area contributed by atoms with E-state index < -0.39 is 15.6 Å². The fourth-order valence-electron chi connectivity index (χ4n) is 1.16. The van der Waals surface area contributed by atoms with Crippen LogP contribution in [0.2, 0.25) is 0 Å². The lowest BCUT2D eigenvalue weighted by atomic mass is 10.3. The molecule has 9 heteroatoms. The highest BCUT2D eigenvalue weighted by Gasteiger charge is 2.36. The Morgan fingerprint density at radius 2 is 1.89 bits per heavy atom. The van der Waals surface area contributed by atoms with Crippen LogP contribution >= 0.6 is 0 Å². The van der Waals surface area contributed by atoms with Crippen LogP contribution in [0, 0.1) is 6.92 Å². The van der Waals surface area contributed by atoms with E-state index in [1.54, 1.807) is 0 Å². The summed E-state index contributed by atoms with van der Waals surface area (Å²) in [7, 11) is -4.01. The van der Waals surface area contributed by atoms with Gasteiger partial charge in [-0.25, -0.2) is 17.6 Å². The van der Waals surface area contributed by atoms with E-state index in [0.717, 1.165) is 6.54 Å². The molecule has 0 spiro atoms. The molecule has 0 aromatic carbocycles. The molecule has 0 saturated heterocycles. The van der Waals surface area contributed by atoms with Crippen molar-refractivity contribution < 1.29 is 30.7 Å². The molecule has 1 heterocycles. The van der Waals surface area contributed by atoms with Gasteiger partial charge >= 0.3 is 5.51 Å². The number of rotatable bonds is 3. The largest absolute Gasteiger partial charge is 0.741 e. The predicted octanol–water partition coefficient (Wildman–Crippen LogP) is 1.47. The maximum absolute atomic E-state index is 10.7. The third-order valence-electron chi connectivity index (χ3n) is 2.43. The number of unbranched alkanes of at least 4 members (excludes halogenated alkanes) is 1. The zero-order valence-corrected chi connectivity index (χ0v) is 11.8. The molecule has 0 radical (unpaired) electrons. The lowest BCUT2D eigenvalue weighted by molar-refractivity contribution is -0.702. The van der Waals surface area contributed by atoms with Crippen molar-refractivity contribution in [2.24, 2.45) is 7.05 Å². The molecule has 0 aliphatic rings. The number of imidazole rings is 1. The quantitative estimate of drug-likeness (QED) is 0.482. The highest BCUT2D eigenvalue weighted by atomic mass is 32.2. The first-order chi connectivity index (χ1) is 8.50. The predicted molar refractivity (Wildman–Crippen MR) is 61.0 cm³/mol. The van der Waals surface area contributed by atoms with Crippen LogP contribution in [-0.2, 0) is 23.7 Å². The fraction of sp³-hybridized carbons (Fsp3) is 0.700. The first-order valence-corrected chi connectivity index (χ1v) is 6.95. The first kappa shape index (κ1) is 17.9. The van der Waals surface area contributed by atoms with E-state index >= 15 is 0 Å². The van der Waals surface area contributed by atoms with Crippen LogP contribution in [0.3, 0.4) is 0 Å². The Labute approximate surface area is 110 Å². The normalized spacial score (nSPS) is 11.9. The summed E-state index contributed by atoms with van der Waals surface area (Å²) in [6.07, 6.45) is 6.78. The van der Waals surface area contributed by atoms with Gasteiger partial charge in [-0.15, -0.1) is 0 Å². The molecule has 0 bridgehead atoms. The molecule has 19 heavy (non-hydrogen) atoms. The molecule has 5 nitrogen and oxygen atoms in total. The van der Waals surface area contributed by atoms with Gasteiger partial charge in [-0.05, 0) is 6.42 Å². The highest BCUT2D eigenvalue weighted by molar-refractivity contribution is 7.86. The third kappa shape index (κ3) is 6.06. The zero-order valence-electron chi connectivity index (χ0n) is 10.9. The number of hydrogen-bond acceptors (Lipinski definition) is 3. The van der Waals surface area contributed by atoms with Crippen LogP contribution in [0.1, 0.15) is 25.6 Å². The van der Waals surface area contributed by atoms with Crippen LogP contribution in [0.25, 0.3) is 0 Å². The van der Waals surface area contributed by atoms with E-state index in [1.165, 1.54) is 18.7 Å². The number of nitrogens with zero attached hydrogens (tertiary/aromatic N) is 2. The summed E-state index contributed by atoms with van der Waals surface area (Å²) in [4.78, 5) is 0. The number of alkyl halides is 3. The van der Waals surface area contributed by atoms with Gasteiger partial charge in [0.05, 0.1) is 13.6 Å². The molecule has 1 aromatic heterocycles. The van der Waals surface area contributed by atoms with Gasteiger partial charge < -0.3 is 4.55 Å². The van der Waals surface area contributed by atoms with Crippen molar-refractivity contribution in [3.63, 3.8) is 0 Å². The summed E-state index contributed by atoms with van der Waals surface area (Å²) >= 11 is 0. The van der Waals surface area contributed by atoms with Crippen LogP contribution in [0.4, 0.5) is 13.2 Å². The van der Waals surface area contributed by atoms with Crippen molar-refractivity contribution >= 4 is 10.1 Å². The average molecular weight is 302 g/mol. The molecule has 0 aliphatic heterocycles. The van der Waals surface area contributed by atoms with Crippen molar-refractivity contribution in [3.05, 3.63) is 18.2 Å². The van der Waals surface area contributed by atoms with Crippen molar-refractivity contribution in [2.75, 3.05) is 0 Å². The topological polar surface area (TPSA) is 66.0 Å². The van der Waals surface area contributed by atoms with Gasteiger partial charge in [-0.2, -0.15) is 13.2 Å². The van der Waals surface area contributed by atoms with Gasteiger partial charge in [-0.3, -0.25) is 0 Å². The number of halogens is 3. The SMILES string of the molecule is CCCC[n+]1ccn(C)c1C.O=S(=O)([O-])C(F)(F)F. The van der Waals surface area contributed by atoms with Gasteiger partial charge in [-0.1, -0.05) is 13.3 Å². The first-order valence-electron chi connectivity index (χ1n) is 5.54. The molecule has 0 saturated carbocycles. The summed E-state index contributed by atoms with van der Waals surface area (Å²) in [5, 5.41) is 0. The van der Waals surface area contributed by atoms with Gasteiger partial charge in [0.15, 0.2) is 10.1 Å². The maximum atomic E-state index is 10.7. The second-order valence-electron chi connectivity index (χ2n) is 3.90. The molecule has 0 unspecified atom stereocenters. The van der Waals surface area contributed by atoms with Gasteiger partial charge in [0.25, 0.3) is 5.82 Å². The highest BCUT2D eigenvalue weighted by Crippen LogP contribution is 2.20. The zero-order chi connectivity index (χ0) is 15.3. The Hall–Kier alpha value is -1.09. The lowest BCUT2D eigenvalue weighted by Crippen LogP contribution is -2.35. The monoisotopic (exact) mass is 302 g/mol. The van der Waals surface area contributed by atoms with Crippen molar-refractivity contribution in [1.29, 1.82) is 0 Å². The molecular weight excluding hydrogens is 285 g/mol.